The van der Waals surface area contributed by atoms with E-state index in [9.17, 15) is 0 Å². The van der Waals surface area contributed by atoms with Crippen LogP contribution >= 0.6 is 11.6 Å². The first-order valence-electron chi connectivity index (χ1n) is 7.83. The molecule has 0 saturated carbocycles. The molecule has 2 nitrogen and oxygen atoms in total. The Balaban J connectivity index is 1.82. The van der Waals surface area contributed by atoms with Gasteiger partial charge in [0.1, 0.15) is 5.75 Å². The molecule has 1 aromatic carbocycles. The van der Waals surface area contributed by atoms with Crippen LogP contribution in [0.5, 0.6) is 5.75 Å². The molecular weight excluding hydrogens is 270 g/mol. The molecule has 3 heteroatoms. The predicted molar refractivity (Wildman–Crippen MR) is 85.9 cm³/mol. The van der Waals surface area contributed by atoms with E-state index in [1.165, 1.54) is 18.4 Å². The van der Waals surface area contributed by atoms with E-state index in [0.717, 1.165) is 44.2 Å². The summed E-state index contributed by atoms with van der Waals surface area (Å²) in [4.78, 5) is 0. The molecule has 0 radical (unpaired) electrons. The number of halogens is 1. The normalized spacial score (nSPS) is 19.2. The summed E-state index contributed by atoms with van der Waals surface area (Å²) in [6, 6.07) is 8.43. The summed E-state index contributed by atoms with van der Waals surface area (Å²) in [5.74, 6) is 3.13. The Labute approximate surface area is 127 Å². The van der Waals surface area contributed by atoms with Gasteiger partial charge in [0.15, 0.2) is 0 Å². The number of alkyl halides is 1. The second-order valence-corrected chi connectivity index (χ2v) is 6.04. The highest BCUT2D eigenvalue weighted by molar-refractivity contribution is 6.17. The monoisotopic (exact) mass is 295 g/mol. The third-order valence-electron chi connectivity index (χ3n) is 4.12. The lowest BCUT2D eigenvalue weighted by Crippen LogP contribution is -2.30. The fraction of sp³-hybridized carbons (Fsp3) is 0.647. The Morgan fingerprint density at radius 3 is 3.00 bits per heavy atom. The summed E-state index contributed by atoms with van der Waals surface area (Å²) < 4.78 is 5.71. The molecule has 0 aliphatic carbocycles. The van der Waals surface area contributed by atoms with Crippen LogP contribution in [0, 0.1) is 5.92 Å². The third-order valence-corrected chi connectivity index (χ3v) is 4.34. The minimum Gasteiger partial charge on any atom is -0.493 e. The van der Waals surface area contributed by atoms with Crippen LogP contribution in [0.25, 0.3) is 0 Å². The van der Waals surface area contributed by atoms with E-state index in [0.29, 0.717) is 11.8 Å². The Morgan fingerprint density at radius 1 is 1.35 bits per heavy atom. The molecule has 1 aliphatic heterocycles. The molecule has 1 aliphatic rings. The van der Waals surface area contributed by atoms with Crippen molar-refractivity contribution in [3.8, 4) is 5.75 Å². The van der Waals surface area contributed by atoms with Crippen LogP contribution in [-0.4, -0.2) is 25.6 Å². The van der Waals surface area contributed by atoms with Gasteiger partial charge in [-0.1, -0.05) is 31.5 Å². The van der Waals surface area contributed by atoms with E-state index in [-0.39, 0.29) is 0 Å². The Hall–Kier alpha value is -0.730. The molecule has 0 bridgehead atoms. The number of hydrogen-bond acceptors (Lipinski definition) is 2. The lowest BCUT2D eigenvalue weighted by molar-refractivity contribution is 0.263. The molecule has 2 unspecified atom stereocenters. The van der Waals surface area contributed by atoms with Crippen LogP contribution in [0.3, 0.4) is 0 Å². The van der Waals surface area contributed by atoms with E-state index in [1.807, 2.05) is 6.07 Å². The van der Waals surface area contributed by atoms with Gasteiger partial charge in [0, 0.05) is 18.3 Å². The zero-order chi connectivity index (χ0) is 14.2. The van der Waals surface area contributed by atoms with Gasteiger partial charge in [-0.15, -0.1) is 11.6 Å². The van der Waals surface area contributed by atoms with Crippen molar-refractivity contribution in [2.45, 2.75) is 38.5 Å². The molecule has 2 atom stereocenters. The molecule has 1 N–H and O–H groups in total. The summed E-state index contributed by atoms with van der Waals surface area (Å²) in [6.07, 6.45) is 4.73. The highest BCUT2D eigenvalue weighted by atomic mass is 35.5. The van der Waals surface area contributed by atoms with Gasteiger partial charge < -0.3 is 10.1 Å². The number of ether oxygens (including phenoxy) is 1. The van der Waals surface area contributed by atoms with Crippen molar-refractivity contribution in [2.24, 2.45) is 5.92 Å². The third kappa shape index (κ3) is 4.39. The maximum Gasteiger partial charge on any atom is 0.122 e. The van der Waals surface area contributed by atoms with Gasteiger partial charge in [0.25, 0.3) is 0 Å². The molecule has 0 fully saturated rings. The van der Waals surface area contributed by atoms with Crippen molar-refractivity contribution < 1.29 is 4.74 Å². The van der Waals surface area contributed by atoms with Crippen LogP contribution in [0.2, 0.25) is 0 Å². The molecule has 2 rings (SSSR count). The van der Waals surface area contributed by atoms with E-state index in [1.54, 1.807) is 0 Å². The largest absolute Gasteiger partial charge is 0.493 e. The average Bonchev–Trinajstić information content (AvgIpc) is 2.48. The quantitative estimate of drug-likeness (QED) is 0.726. The van der Waals surface area contributed by atoms with Crippen LogP contribution < -0.4 is 10.1 Å². The van der Waals surface area contributed by atoms with Crippen molar-refractivity contribution in [2.75, 3.05) is 25.6 Å². The average molecular weight is 296 g/mol. The Morgan fingerprint density at radius 2 is 2.20 bits per heavy atom. The number of fused-ring (bicyclic) bond motifs is 1. The highest BCUT2D eigenvalue weighted by Crippen LogP contribution is 2.32. The van der Waals surface area contributed by atoms with Gasteiger partial charge in [-0.05, 0) is 43.4 Å². The van der Waals surface area contributed by atoms with Gasteiger partial charge in [-0.25, -0.2) is 0 Å². The standard InChI is InChI=1S/C17H26ClNO/c1-2-5-14(8-10-18)12-19-13-15-9-11-20-17-7-4-3-6-16(15)17/h3-4,6-7,14-15,19H,2,5,8-13H2,1H3. The topological polar surface area (TPSA) is 21.3 Å². The van der Waals surface area contributed by atoms with Gasteiger partial charge in [-0.2, -0.15) is 0 Å². The van der Waals surface area contributed by atoms with Crippen molar-refractivity contribution >= 4 is 11.6 Å². The van der Waals surface area contributed by atoms with Crippen molar-refractivity contribution in [3.63, 3.8) is 0 Å². The maximum absolute atomic E-state index is 5.88. The summed E-state index contributed by atoms with van der Waals surface area (Å²) in [7, 11) is 0. The minimum atomic E-state index is 0.582. The van der Waals surface area contributed by atoms with Crippen LogP contribution in [-0.2, 0) is 0 Å². The van der Waals surface area contributed by atoms with Crippen LogP contribution in [0.1, 0.15) is 44.1 Å². The fourth-order valence-corrected chi connectivity index (χ4v) is 3.31. The van der Waals surface area contributed by atoms with E-state index < -0.39 is 0 Å². The molecule has 0 saturated heterocycles. The van der Waals surface area contributed by atoms with Gasteiger partial charge >= 0.3 is 0 Å². The van der Waals surface area contributed by atoms with E-state index in [2.05, 4.69) is 30.4 Å². The molecule has 1 heterocycles. The lowest BCUT2D eigenvalue weighted by atomic mass is 9.92. The van der Waals surface area contributed by atoms with E-state index in [4.69, 9.17) is 16.3 Å². The maximum atomic E-state index is 5.88. The molecule has 0 aromatic heterocycles. The first kappa shape index (κ1) is 15.7. The van der Waals surface area contributed by atoms with Gasteiger partial charge in [-0.3, -0.25) is 0 Å². The van der Waals surface area contributed by atoms with Crippen LogP contribution in [0.15, 0.2) is 24.3 Å². The van der Waals surface area contributed by atoms with Gasteiger partial charge in [0.05, 0.1) is 6.61 Å². The number of benzene rings is 1. The summed E-state index contributed by atoms with van der Waals surface area (Å²) in [6.45, 7) is 5.21. The molecule has 0 spiro atoms. The second kappa shape index (κ2) is 8.53. The van der Waals surface area contributed by atoms with Crippen molar-refractivity contribution in [1.29, 1.82) is 0 Å². The molecule has 112 valence electrons. The van der Waals surface area contributed by atoms with E-state index >= 15 is 0 Å². The highest BCUT2D eigenvalue weighted by Gasteiger charge is 2.20. The van der Waals surface area contributed by atoms with Crippen LogP contribution in [0.4, 0.5) is 0 Å². The smallest absolute Gasteiger partial charge is 0.122 e. The Kier molecular flexibility index (Phi) is 6.68. The minimum absolute atomic E-state index is 0.582. The number of hydrogen-bond donors (Lipinski definition) is 1. The fourth-order valence-electron chi connectivity index (χ4n) is 3.00. The number of rotatable bonds is 8. The first-order chi connectivity index (χ1) is 9.85. The van der Waals surface area contributed by atoms with Crippen molar-refractivity contribution in [1.82, 2.24) is 5.32 Å². The predicted octanol–water partition coefficient (Wildman–Crippen LogP) is 4.19. The molecular formula is C17H26ClNO. The zero-order valence-electron chi connectivity index (χ0n) is 12.4. The van der Waals surface area contributed by atoms with Gasteiger partial charge in [0.2, 0.25) is 0 Å². The van der Waals surface area contributed by atoms with Crippen molar-refractivity contribution in [3.05, 3.63) is 29.8 Å². The molecule has 1 aromatic rings. The second-order valence-electron chi connectivity index (χ2n) is 5.66. The SMILES string of the molecule is CCCC(CCCl)CNCC1CCOc2ccccc21. The summed E-state index contributed by atoms with van der Waals surface area (Å²) in [5, 5.41) is 3.65. The number of para-hydroxylation sites is 1. The molecule has 0 amide bonds. The summed E-state index contributed by atoms with van der Waals surface area (Å²) >= 11 is 5.88. The Bertz CT molecular complexity index is 390. The zero-order valence-corrected chi connectivity index (χ0v) is 13.2. The first-order valence-corrected chi connectivity index (χ1v) is 8.37. The molecule has 20 heavy (non-hydrogen) atoms. The lowest BCUT2D eigenvalue weighted by Gasteiger charge is -2.27. The summed E-state index contributed by atoms with van der Waals surface area (Å²) in [5.41, 5.74) is 1.36. The number of nitrogens with one attached hydrogen (secondary N) is 1.